The van der Waals surface area contributed by atoms with Crippen LogP contribution in [0.3, 0.4) is 0 Å². The second-order valence-electron chi connectivity index (χ2n) is 19.2. The summed E-state index contributed by atoms with van der Waals surface area (Å²) < 4.78 is 0. The first-order valence-electron chi connectivity index (χ1n) is 25.0. The second kappa shape index (κ2) is 19.1. The number of hydrogen-bond donors (Lipinski definition) is 11. The van der Waals surface area contributed by atoms with Gasteiger partial charge in [0.2, 0.25) is 0 Å². The number of benzene rings is 4. The Hall–Kier alpha value is -11.3. The molecule has 382 valence electrons. The molecule has 79 heavy (non-hydrogen) atoms. The zero-order chi connectivity index (χ0) is 53.9. The van der Waals surface area contributed by atoms with Gasteiger partial charge >= 0.3 is 0 Å². The van der Waals surface area contributed by atoms with Crippen molar-refractivity contribution in [3.05, 3.63) is 197 Å². The van der Waals surface area contributed by atoms with Crippen LogP contribution in [-0.4, -0.2) is 70.5 Å². The topological polar surface area (TPSA) is 262 Å². The molecular formula is C64H45N9O6. The number of nitrogens with two attached hydrogens (primary N) is 1. The Labute approximate surface area is 449 Å². The van der Waals surface area contributed by atoms with Gasteiger partial charge in [-0.15, -0.1) is 0 Å². The van der Waals surface area contributed by atoms with Gasteiger partial charge < -0.3 is 56.3 Å². The van der Waals surface area contributed by atoms with Gasteiger partial charge in [0, 0.05) is 95.8 Å². The number of nitrogens with zero attached hydrogens (tertiary/aromatic N) is 4. The molecule has 0 amide bonds. The number of phenols is 6. The van der Waals surface area contributed by atoms with Crippen molar-refractivity contribution in [3.8, 4) is 79.0 Å². The van der Waals surface area contributed by atoms with E-state index in [1.54, 1.807) is 24.3 Å². The quantitative estimate of drug-likeness (QED) is 0.0739. The van der Waals surface area contributed by atoms with Crippen molar-refractivity contribution in [2.45, 2.75) is 0 Å². The van der Waals surface area contributed by atoms with Gasteiger partial charge in [0.15, 0.2) is 0 Å². The first-order chi connectivity index (χ1) is 38.4. The number of para-hydroxylation sites is 1. The third-order valence-electron chi connectivity index (χ3n) is 13.6. The van der Waals surface area contributed by atoms with E-state index >= 15 is 0 Å². The van der Waals surface area contributed by atoms with E-state index in [4.69, 9.17) is 15.7 Å². The highest BCUT2D eigenvalue weighted by molar-refractivity contribution is 6.01. The van der Waals surface area contributed by atoms with E-state index in [0.29, 0.717) is 89.5 Å². The minimum Gasteiger partial charge on any atom is -0.508 e. The molecule has 15 nitrogen and oxygen atoms in total. The standard InChI is InChI=1S/C44H31N5O6.C20H14N4/c45-32-4-2-1-3-31(32)44-39-11-9-37(48-39)42(23-15-27(52)20-28(53)16-23)35-7-5-33(46-35)41(22-13-25(50)19-26(51)14-22)34-6-8-36(47-34)43(38-10-12-40(44)49-38)24-17-29(54)21-30(55)18-24;1-2-14-10-16-5-6-18(23-16)12-20-8-7-19(24-20)11-17-4-3-15(22-17)9-13(1)21-14/h1-21,46,49-55H,45H2;1-12,21,24H. The molecule has 10 aromatic rings. The molecule has 6 aromatic heterocycles. The van der Waals surface area contributed by atoms with Crippen LogP contribution in [0, 0.1) is 0 Å². The molecule has 0 fully saturated rings. The number of fused-ring (bicyclic) bond motifs is 16. The summed E-state index contributed by atoms with van der Waals surface area (Å²) in [5.74, 6) is -0.869. The van der Waals surface area contributed by atoms with Gasteiger partial charge in [-0.1, -0.05) is 18.2 Å². The van der Waals surface area contributed by atoms with E-state index in [9.17, 15) is 30.6 Å². The van der Waals surface area contributed by atoms with Crippen molar-refractivity contribution in [1.29, 1.82) is 0 Å². The number of nitrogen functional groups attached to an aromatic ring is 1. The Morgan fingerprint density at radius 3 is 0.924 bits per heavy atom. The van der Waals surface area contributed by atoms with Crippen molar-refractivity contribution < 1.29 is 30.6 Å². The Morgan fingerprint density at radius 2 is 0.595 bits per heavy atom. The van der Waals surface area contributed by atoms with Crippen LogP contribution in [0.1, 0.15) is 45.6 Å². The summed E-state index contributed by atoms with van der Waals surface area (Å²) in [6, 6.07) is 44.2. The fourth-order valence-electron chi connectivity index (χ4n) is 10.3. The van der Waals surface area contributed by atoms with Gasteiger partial charge in [0.25, 0.3) is 0 Å². The van der Waals surface area contributed by atoms with Crippen LogP contribution in [-0.2, 0) is 0 Å². The fourth-order valence-corrected chi connectivity index (χ4v) is 10.3. The predicted octanol–water partition coefficient (Wildman–Crippen LogP) is 13.8. The van der Waals surface area contributed by atoms with Gasteiger partial charge in [-0.25, -0.2) is 19.9 Å². The van der Waals surface area contributed by atoms with Crippen molar-refractivity contribution in [2.75, 3.05) is 5.73 Å². The van der Waals surface area contributed by atoms with E-state index < -0.39 is 0 Å². The number of aromatic hydroxyl groups is 6. The maximum absolute atomic E-state index is 10.6. The normalized spacial score (nSPS) is 12.2. The third-order valence-corrected chi connectivity index (χ3v) is 13.6. The number of phenolic OH excluding ortho intramolecular Hbond substituents is 6. The zero-order valence-corrected chi connectivity index (χ0v) is 41.6. The van der Waals surface area contributed by atoms with Crippen LogP contribution in [0.5, 0.6) is 34.5 Å². The first-order valence-corrected chi connectivity index (χ1v) is 25.0. The minimum atomic E-state index is -0.156. The summed E-state index contributed by atoms with van der Waals surface area (Å²) in [7, 11) is 0. The first kappa shape index (κ1) is 47.4. The average Bonchev–Trinajstić information content (AvgIpc) is 4.44. The molecule has 0 saturated heterocycles. The van der Waals surface area contributed by atoms with Crippen LogP contribution in [0.15, 0.2) is 152 Å². The monoisotopic (exact) mass is 1040 g/mol. The highest BCUT2D eigenvalue weighted by Crippen LogP contribution is 2.42. The van der Waals surface area contributed by atoms with E-state index in [-0.39, 0.29) is 34.5 Å². The van der Waals surface area contributed by atoms with Crippen LogP contribution in [0.4, 0.5) is 5.69 Å². The molecule has 0 unspecified atom stereocenters. The number of H-pyrrole nitrogens is 4. The Bertz CT molecular complexity index is 4390. The summed E-state index contributed by atoms with van der Waals surface area (Å²) in [6.45, 7) is 0. The molecule has 0 aliphatic carbocycles. The van der Waals surface area contributed by atoms with Crippen LogP contribution in [0.25, 0.3) is 137 Å². The van der Waals surface area contributed by atoms with E-state index in [0.717, 1.165) is 50.4 Å². The molecule has 4 aromatic carbocycles. The molecule has 12 N–H and O–H groups in total. The molecule has 10 heterocycles. The van der Waals surface area contributed by atoms with Crippen LogP contribution < -0.4 is 5.73 Å². The van der Waals surface area contributed by atoms with Gasteiger partial charge in [-0.3, -0.25) is 0 Å². The molecule has 4 aliphatic heterocycles. The minimum absolute atomic E-state index is 0.139. The Kier molecular flexibility index (Phi) is 11.5. The van der Waals surface area contributed by atoms with Gasteiger partial charge in [0.1, 0.15) is 34.5 Å². The number of hydrogen-bond acceptors (Lipinski definition) is 11. The number of anilines is 1. The van der Waals surface area contributed by atoms with E-state index in [1.165, 1.54) is 30.3 Å². The van der Waals surface area contributed by atoms with Gasteiger partial charge in [-0.2, -0.15) is 0 Å². The smallest absolute Gasteiger partial charge is 0.119 e. The Balaban J connectivity index is 0.000000204. The summed E-state index contributed by atoms with van der Waals surface area (Å²) in [5, 5.41) is 63.6. The van der Waals surface area contributed by atoms with Crippen LogP contribution in [0.2, 0.25) is 0 Å². The van der Waals surface area contributed by atoms with Crippen molar-refractivity contribution in [2.24, 2.45) is 0 Å². The summed E-state index contributed by atoms with van der Waals surface area (Å²) >= 11 is 0. The number of nitrogens with one attached hydrogen (secondary N) is 4. The molecule has 14 rings (SSSR count). The summed E-state index contributed by atoms with van der Waals surface area (Å²) in [4.78, 5) is 33.3. The third kappa shape index (κ3) is 9.46. The maximum Gasteiger partial charge on any atom is 0.119 e. The van der Waals surface area contributed by atoms with Gasteiger partial charge in [0.05, 0.1) is 45.6 Å². The van der Waals surface area contributed by atoms with Crippen molar-refractivity contribution in [1.82, 2.24) is 39.9 Å². The average molecular weight is 1040 g/mol. The maximum atomic E-state index is 10.6. The number of rotatable bonds is 4. The number of aromatic amines is 4. The highest BCUT2D eigenvalue weighted by Gasteiger charge is 2.21. The molecule has 15 heteroatoms. The van der Waals surface area contributed by atoms with Gasteiger partial charge in [-0.05, 0) is 181 Å². The predicted molar refractivity (Wildman–Crippen MR) is 314 cm³/mol. The largest absolute Gasteiger partial charge is 0.508 e. The lowest BCUT2D eigenvalue weighted by Gasteiger charge is -2.09. The Morgan fingerprint density at radius 1 is 0.291 bits per heavy atom. The van der Waals surface area contributed by atoms with Crippen LogP contribution >= 0.6 is 0 Å². The molecule has 0 spiro atoms. The summed E-state index contributed by atoms with van der Waals surface area (Å²) in [5.41, 5.74) is 24.0. The number of aromatic nitrogens is 8. The lowest BCUT2D eigenvalue weighted by atomic mass is 10.0. The van der Waals surface area contributed by atoms with E-state index in [2.05, 4.69) is 54.2 Å². The molecule has 4 aliphatic rings. The fraction of sp³-hybridized carbons (Fsp3) is 0. The van der Waals surface area contributed by atoms with Crippen molar-refractivity contribution in [3.63, 3.8) is 0 Å². The molecule has 0 saturated carbocycles. The zero-order valence-electron chi connectivity index (χ0n) is 41.6. The SMILES string of the molecule is C1=Cc2cc3ccc(cc4nc(cc5ccc(cc1n2)[nH]5)C=C4)[nH]3.Nc1ccccc1-c1c2nc(c(-c3cc(O)cc(O)c3)c3ccc([nH]3)c(-c3cc(O)cc(O)c3)c3nc(c(-c4cc(O)cc(O)c4)c4ccc1[nH]4)C=C3)C=C2. The highest BCUT2D eigenvalue weighted by atomic mass is 16.3. The van der Waals surface area contributed by atoms with E-state index in [1.807, 2.05) is 121 Å². The second-order valence-corrected chi connectivity index (χ2v) is 19.2. The molecule has 16 bridgehead atoms. The summed E-state index contributed by atoms with van der Waals surface area (Å²) in [6.07, 6.45) is 15.4. The molecule has 0 radical (unpaired) electrons. The lowest BCUT2D eigenvalue weighted by Crippen LogP contribution is -1.93. The van der Waals surface area contributed by atoms with Crippen molar-refractivity contribution >= 4 is 98.4 Å². The lowest BCUT2D eigenvalue weighted by molar-refractivity contribution is 0.450. The molecular weight excluding hydrogens is 991 g/mol. The molecule has 0 atom stereocenters.